The number of carbonyl (C=O) groups excluding carboxylic acids is 2. The predicted octanol–water partition coefficient (Wildman–Crippen LogP) is 3.09. The Morgan fingerprint density at radius 1 is 1.21 bits per heavy atom. The molecule has 28 heavy (non-hydrogen) atoms. The molecule has 2 heterocycles. The highest BCUT2D eigenvalue weighted by Crippen LogP contribution is 2.24. The van der Waals surface area contributed by atoms with Crippen LogP contribution < -0.4 is 10.1 Å². The summed E-state index contributed by atoms with van der Waals surface area (Å²) in [4.78, 5) is 27.9. The minimum absolute atomic E-state index is 0.0419. The number of methoxy groups -OCH3 is 1. The third-order valence-corrected chi connectivity index (χ3v) is 4.49. The quantitative estimate of drug-likeness (QED) is 0.579. The Morgan fingerprint density at radius 2 is 2.07 bits per heavy atom. The molecular weight excluding hydrogens is 382 g/mol. The van der Waals surface area contributed by atoms with Crippen molar-refractivity contribution in [3.63, 3.8) is 0 Å². The summed E-state index contributed by atoms with van der Waals surface area (Å²) in [5.41, 5.74) is 1.86. The van der Waals surface area contributed by atoms with Crippen molar-refractivity contribution in [2.75, 3.05) is 19.0 Å². The lowest BCUT2D eigenvalue weighted by Gasteiger charge is -2.00. The van der Waals surface area contributed by atoms with Crippen LogP contribution in [0.25, 0.3) is 11.3 Å². The molecule has 0 aliphatic rings. The van der Waals surface area contributed by atoms with E-state index in [-0.39, 0.29) is 24.7 Å². The maximum absolute atomic E-state index is 12.2. The van der Waals surface area contributed by atoms with Crippen molar-refractivity contribution in [2.24, 2.45) is 0 Å². The van der Waals surface area contributed by atoms with Crippen molar-refractivity contribution in [1.82, 2.24) is 10.1 Å². The fourth-order valence-corrected chi connectivity index (χ4v) is 3.17. The van der Waals surface area contributed by atoms with Gasteiger partial charge >= 0.3 is 5.97 Å². The van der Waals surface area contributed by atoms with Crippen molar-refractivity contribution in [2.45, 2.75) is 19.8 Å². The number of hydrogen-bond donors (Lipinski definition) is 1. The average molecular weight is 401 g/mol. The van der Waals surface area contributed by atoms with Crippen LogP contribution >= 0.6 is 11.3 Å². The zero-order valence-electron chi connectivity index (χ0n) is 15.4. The van der Waals surface area contributed by atoms with Crippen molar-refractivity contribution in [1.29, 1.82) is 0 Å². The first kappa shape index (κ1) is 19.6. The number of thiazole rings is 1. The molecule has 0 fully saturated rings. The van der Waals surface area contributed by atoms with Crippen LogP contribution in [0.5, 0.6) is 5.75 Å². The molecule has 2 aromatic heterocycles. The molecule has 0 spiro atoms. The maximum atomic E-state index is 12.2. The number of amides is 1. The normalized spacial score (nSPS) is 10.5. The van der Waals surface area contributed by atoms with Gasteiger partial charge in [-0.25, -0.2) is 4.98 Å². The molecule has 0 unspecified atom stereocenters. The molecule has 9 heteroatoms. The summed E-state index contributed by atoms with van der Waals surface area (Å²) in [6, 6.07) is 9.08. The molecule has 0 atom stereocenters. The van der Waals surface area contributed by atoms with Crippen molar-refractivity contribution in [3.05, 3.63) is 47.1 Å². The summed E-state index contributed by atoms with van der Waals surface area (Å²) in [5.74, 6) is 0.629. The van der Waals surface area contributed by atoms with Crippen LogP contribution in [-0.4, -0.2) is 35.7 Å². The molecular formula is C19H19N3O5S. The number of nitrogens with zero attached hydrogens (tertiary/aromatic N) is 2. The largest absolute Gasteiger partial charge is 0.497 e. The van der Waals surface area contributed by atoms with Crippen LogP contribution in [-0.2, 0) is 27.2 Å². The predicted molar refractivity (Wildman–Crippen MR) is 103 cm³/mol. The fraction of sp³-hybridized carbons (Fsp3) is 0.263. The van der Waals surface area contributed by atoms with Gasteiger partial charge in [0.2, 0.25) is 5.91 Å². The first-order valence-corrected chi connectivity index (χ1v) is 9.45. The summed E-state index contributed by atoms with van der Waals surface area (Å²) >= 11 is 1.25. The highest BCUT2D eigenvalue weighted by Gasteiger charge is 2.14. The first-order valence-electron chi connectivity index (χ1n) is 8.57. The molecule has 8 nitrogen and oxygen atoms in total. The highest BCUT2D eigenvalue weighted by atomic mass is 32.1. The number of esters is 1. The second-order valence-electron chi connectivity index (χ2n) is 5.77. The third-order valence-electron chi connectivity index (χ3n) is 3.68. The van der Waals surface area contributed by atoms with Crippen LogP contribution in [0.15, 0.2) is 40.2 Å². The zero-order valence-corrected chi connectivity index (χ0v) is 16.2. The van der Waals surface area contributed by atoms with E-state index in [4.69, 9.17) is 14.0 Å². The van der Waals surface area contributed by atoms with E-state index in [9.17, 15) is 9.59 Å². The maximum Gasteiger partial charge on any atom is 0.311 e. The lowest BCUT2D eigenvalue weighted by molar-refractivity contribution is -0.142. The van der Waals surface area contributed by atoms with Crippen LogP contribution in [0.1, 0.15) is 18.3 Å². The average Bonchev–Trinajstić information content (AvgIpc) is 3.31. The van der Waals surface area contributed by atoms with E-state index in [0.717, 1.165) is 5.56 Å². The fourth-order valence-electron chi connectivity index (χ4n) is 2.44. The van der Waals surface area contributed by atoms with Crippen LogP contribution in [0, 0.1) is 0 Å². The standard InChI is InChI=1S/C19H19N3O5S/c1-3-26-18(24)10-14-11-28-19(20-14)21-17(23)9-13-8-16(27-22-13)12-5-4-6-15(7-12)25-2/h4-8,11H,3,9-10H2,1-2H3,(H,20,21,23). The summed E-state index contributed by atoms with van der Waals surface area (Å²) in [6.07, 6.45) is 0.119. The van der Waals surface area contributed by atoms with Gasteiger partial charge in [-0.2, -0.15) is 0 Å². The Bertz CT molecular complexity index is 966. The summed E-state index contributed by atoms with van der Waals surface area (Å²) < 4.78 is 15.4. The molecule has 3 rings (SSSR count). The van der Waals surface area contributed by atoms with E-state index in [1.54, 1.807) is 25.5 Å². The number of benzene rings is 1. The van der Waals surface area contributed by atoms with Crippen LogP contribution in [0.4, 0.5) is 5.13 Å². The van der Waals surface area contributed by atoms with Crippen molar-refractivity contribution in [3.8, 4) is 17.1 Å². The Hall–Kier alpha value is -3.20. The van der Waals surface area contributed by atoms with Crippen molar-refractivity contribution < 1.29 is 23.6 Å². The van der Waals surface area contributed by atoms with Crippen LogP contribution in [0.3, 0.4) is 0 Å². The van der Waals surface area contributed by atoms with Gasteiger partial charge in [0.1, 0.15) is 5.75 Å². The van der Waals surface area contributed by atoms with Gasteiger partial charge in [-0.3, -0.25) is 9.59 Å². The smallest absolute Gasteiger partial charge is 0.311 e. The Labute approximate surface area is 165 Å². The molecule has 0 radical (unpaired) electrons. The molecule has 146 valence electrons. The Balaban J connectivity index is 1.58. The molecule has 1 aromatic carbocycles. The van der Waals surface area contributed by atoms with E-state index >= 15 is 0 Å². The van der Waals surface area contributed by atoms with E-state index in [1.165, 1.54) is 11.3 Å². The lowest BCUT2D eigenvalue weighted by atomic mass is 10.1. The summed E-state index contributed by atoms with van der Waals surface area (Å²) in [5, 5.41) is 8.77. The number of aromatic nitrogens is 2. The summed E-state index contributed by atoms with van der Waals surface area (Å²) in [7, 11) is 1.59. The second-order valence-corrected chi connectivity index (χ2v) is 6.62. The molecule has 0 saturated heterocycles. The molecule has 1 N–H and O–H groups in total. The van der Waals surface area contributed by atoms with Gasteiger partial charge in [0, 0.05) is 17.0 Å². The Kier molecular flexibility index (Phi) is 6.38. The monoisotopic (exact) mass is 401 g/mol. The topological polar surface area (TPSA) is 104 Å². The first-order chi connectivity index (χ1) is 13.6. The number of anilines is 1. The zero-order chi connectivity index (χ0) is 19.9. The third kappa shape index (κ3) is 5.17. The second kappa shape index (κ2) is 9.14. The molecule has 3 aromatic rings. The molecule has 0 aliphatic carbocycles. The highest BCUT2D eigenvalue weighted by molar-refractivity contribution is 7.13. The molecule has 0 saturated carbocycles. The van der Waals surface area contributed by atoms with Gasteiger partial charge in [-0.15, -0.1) is 11.3 Å². The van der Waals surface area contributed by atoms with E-state index < -0.39 is 0 Å². The van der Waals surface area contributed by atoms with Gasteiger partial charge in [0.05, 0.1) is 37.9 Å². The van der Waals surface area contributed by atoms with Gasteiger partial charge in [-0.05, 0) is 19.1 Å². The molecule has 1 amide bonds. The van der Waals surface area contributed by atoms with E-state index in [0.29, 0.717) is 34.6 Å². The number of ether oxygens (including phenoxy) is 2. The van der Waals surface area contributed by atoms with Gasteiger partial charge < -0.3 is 19.3 Å². The van der Waals surface area contributed by atoms with Gasteiger partial charge in [-0.1, -0.05) is 17.3 Å². The Morgan fingerprint density at radius 3 is 2.86 bits per heavy atom. The van der Waals surface area contributed by atoms with E-state index in [1.807, 2.05) is 24.3 Å². The molecule has 0 bridgehead atoms. The van der Waals surface area contributed by atoms with Gasteiger partial charge in [0.15, 0.2) is 10.9 Å². The van der Waals surface area contributed by atoms with Crippen LogP contribution in [0.2, 0.25) is 0 Å². The molecule has 0 aliphatic heterocycles. The summed E-state index contributed by atoms with van der Waals surface area (Å²) in [6.45, 7) is 2.07. The number of hydrogen-bond acceptors (Lipinski definition) is 8. The van der Waals surface area contributed by atoms with Crippen molar-refractivity contribution >= 4 is 28.3 Å². The lowest BCUT2D eigenvalue weighted by Crippen LogP contribution is -2.14. The number of nitrogens with one attached hydrogen (secondary N) is 1. The number of carbonyl (C=O) groups is 2. The van der Waals surface area contributed by atoms with Gasteiger partial charge in [0.25, 0.3) is 0 Å². The minimum Gasteiger partial charge on any atom is -0.497 e. The minimum atomic E-state index is -0.349. The SMILES string of the molecule is CCOC(=O)Cc1csc(NC(=O)Cc2cc(-c3cccc(OC)c3)on2)n1. The van der Waals surface area contributed by atoms with E-state index in [2.05, 4.69) is 15.5 Å². The number of rotatable bonds is 8.